The van der Waals surface area contributed by atoms with Gasteiger partial charge in [-0.3, -0.25) is 9.59 Å². The zero-order chi connectivity index (χ0) is 20.1. The van der Waals surface area contributed by atoms with Gasteiger partial charge in [0.05, 0.1) is 19.3 Å². The number of nitrogens with one attached hydrogen (secondary N) is 2. The number of aromatic nitrogens is 2. The van der Waals surface area contributed by atoms with Crippen molar-refractivity contribution in [3.8, 4) is 11.5 Å². The summed E-state index contributed by atoms with van der Waals surface area (Å²) in [4.78, 5) is 32.4. The van der Waals surface area contributed by atoms with Crippen molar-refractivity contribution in [1.29, 1.82) is 0 Å². The third-order valence-electron chi connectivity index (χ3n) is 4.42. The van der Waals surface area contributed by atoms with Crippen LogP contribution in [0.25, 0.3) is 0 Å². The molecule has 2 heterocycles. The molecule has 1 amide bonds. The fourth-order valence-corrected chi connectivity index (χ4v) is 3.85. The van der Waals surface area contributed by atoms with E-state index in [0.717, 1.165) is 24.2 Å². The molecule has 1 atom stereocenters. The number of ether oxygens (including phenoxy) is 2. The van der Waals surface area contributed by atoms with E-state index in [0.29, 0.717) is 34.6 Å². The molecule has 0 fully saturated rings. The Morgan fingerprint density at radius 2 is 2.04 bits per heavy atom. The molecule has 150 valence electrons. The molecule has 0 bridgehead atoms. The van der Waals surface area contributed by atoms with E-state index in [2.05, 4.69) is 22.2 Å². The molecule has 28 heavy (non-hydrogen) atoms. The lowest BCUT2D eigenvalue weighted by Gasteiger charge is -2.25. The quantitative estimate of drug-likeness (QED) is 0.517. The van der Waals surface area contributed by atoms with Gasteiger partial charge in [-0.25, -0.2) is 4.98 Å². The summed E-state index contributed by atoms with van der Waals surface area (Å²) in [6, 6.07) is 5.53. The van der Waals surface area contributed by atoms with Gasteiger partial charge < -0.3 is 19.8 Å². The minimum Gasteiger partial charge on any atom is -0.493 e. The van der Waals surface area contributed by atoms with Crippen LogP contribution in [0.1, 0.15) is 50.2 Å². The lowest BCUT2D eigenvalue weighted by Crippen LogP contribution is -2.31. The average molecular weight is 404 g/mol. The number of nitrogens with zero attached hydrogens (tertiary/aromatic N) is 1. The standard InChI is InChI=1S/C20H25N3O4S/c1-4-8-27-14-7-6-12(10-15(14)26-3)13-11-16(24)21-18-17(13)19(25)23-20(22-18)28-9-5-2/h6-7,10,13H,4-5,8-9,11H2,1-3H3,(H2,21,22,23,24,25). The Morgan fingerprint density at radius 3 is 2.75 bits per heavy atom. The van der Waals surface area contributed by atoms with Gasteiger partial charge in [-0.15, -0.1) is 0 Å². The Balaban J connectivity index is 2.00. The zero-order valence-corrected chi connectivity index (χ0v) is 17.1. The molecule has 7 nitrogen and oxygen atoms in total. The molecule has 0 aliphatic carbocycles. The van der Waals surface area contributed by atoms with Gasteiger partial charge in [-0.1, -0.05) is 31.7 Å². The molecule has 0 spiro atoms. The number of rotatable bonds is 8. The summed E-state index contributed by atoms with van der Waals surface area (Å²) in [5, 5.41) is 3.27. The highest BCUT2D eigenvalue weighted by Crippen LogP contribution is 2.38. The maximum absolute atomic E-state index is 12.8. The van der Waals surface area contributed by atoms with Crippen molar-refractivity contribution < 1.29 is 14.3 Å². The second-order valence-electron chi connectivity index (χ2n) is 6.55. The van der Waals surface area contributed by atoms with Crippen molar-refractivity contribution >= 4 is 23.5 Å². The predicted octanol–water partition coefficient (Wildman–Crippen LogP) is 3.54. The number of carbonyl (C=O) groups is 1. The molecule has 1 aromatic heterocycles. The van der Waals surface area contributed by atoms with Gasteiger partial charge in [-0.05, 0) is 30.5 Å². The second-order valence-corrected chi connectivity index (χ2v) is 7.63. The van der Waals surface area contributed by atoms with E-state index in [1.54, 1.807) is 7.11 Å². The van der Waals surface area contributed by atoms with Crippen LogP contribution in [0.4, 0.5) is 5.82 Å². The molecule has 8 heteroatoms. The Kier molecular flexibility index (Phi) is 6.61. The van der Waals surface area contributed by atoms with Crippen LogP contribution in [0, 0.1) is 0 Å². The first-order valence-electron chi connectivity index (χ1n) is 9.44. The lowest BCUT2D eigenvalue weighted by molar-refractivity contribution is -0.116. The van der Waals surface area contributed by atoms with Gasteiger partial charge in [-0.2, -0.15) is 0 Å². The van der Waals surface area contributed by atoms with Crippen molar-refractivity contribution in [3.63, 3.8) is 0 Å². The smallest absolute Gasteiger partial charge is 0.257 e. The summed E-state index contributed by atoms with van der Waals surface area (Å²) in [5.41, 5.74) is 1.07. The van der Waals surface area contributed by atoms with Crippen LogP contribution in [0.15, 0.2) is 28.2 Å². The van der Waals surface area contributed by atoms with Crippen molar-refractivity contribution in [2.24, 2.45) is 0 Å². The number of carbonyl (C=O) groups excluding carboxylic acids is 1. The number of amides is 1. The van der Waals surface area contributed by atoms with Gasteiger partial charge >= 0.3 is 0 Å². The van der Waals surface area contributed by atoms with Crippen molar-refractivity contribution in [3.05, 3.63) is 39.7 Å². The van der Waals surface area contributed by atoms with E-state index in [1.165, 1.54) is 11.8 Å². The Morgan fingerprint density at radius 1 is 1.21 bits per heavy atom. The highest BCUT2D eigenvalue weighted by molar-refractivity contribution is 7.99. The van der Waals surface area contributed by atoms with Crippen LogP contribution >= 0.6 is 11.8 Å². The largest absolute Gasteiger partial charge is 0.493 e. The van der Waals surface area contributed by atoms with E-state index in [9.17, 15) is 9.59 Å². The summed E-state index contributed by atoms with van der Waals surface area (Å²) in [5.74, 6) is 1.86. The molecule has 1 aliphatic heterocycles. The first-order valence-corrected chi connectivity index (χ1v) is 10.4. The van der Waals surface area contributed by atoms with Crippen molar-refractivity contribution in [2.75, 3.05) is 24.8 Å². The molecule has 2 aromatic rings. The fraction of sp³-hybridized carbons (Fsp3) is 0.450. The minimum atomic E-state index is -0.389. The Labute approximate surface area is 168 Å². The highest BCUT2D eigenvalue weighted by atomic mass is 32.2. The van der Waals surface area contributed by atoms with Gasteiger partial charge in [0.2, 0.25) is 5.91 Å². The lowest BCUT2D eigenvalue weighted by atomic mass is 9.86. The molecular weight excluding hydrogens is 378 g/mol. The first-order chi connectivity index (χ1) is 13.6. The summed E-state index contributed by atoms with van der Waals surface area (Å²) >= 11 is 1.47. The van der Waals surface area contributed by atoms with Crippen LogP contribution in [-0.4, -0.2) is 35.3 Å². The van der Waals surface area contributed by atoms with Gasteiger partial charge in [0.1, 0.15) is 5.82 Å². The van der Waals surface area contributed by atoms with E-state index in [1.807, 2.05) is 25.1 Å². The highest BCUT2D eigenvalue weighted by Gasteiger charge is 2.31. The molecule has 0 saturated heterocycles. The summed E-state index contributed by atoms with van der Waals surface area (Å²) < 4.78 is 11.2. The van der Waals surface area contributed by atoms with E-state index < -0.39 is 0 Å². The van der Waals surface area contributed by atoms with Crippen LogP contribution in [0.3, 0.4) is 0 Å². The van der Waals surface area contributed by atoms with Crippen LogP contribution < -0.4 is 20.3 Å². The molecule has 1 aliphatic rings. The second kappa shape index (κ2) is 9.14. The topological polar surface area (TPSA) is 93.3 Å². The molecule has 1 aromatic carbocycles. The normalized spacial score (nSPS) is 15.7. The Hall–Kier alpha value is -2.48. The first kappa shape index (κ1) is 20.3. The van der Waals surface area contributed by atoms with Crippen molar-refractivity contribution in [1.82, 2.24) is 9.97 Å². The summed E-state index contributed by atoms with van der Waals surface area (Å²) in [6.07, 6.45) is 2.03. The molecular formula is C20H25N3O4S. The number of fused-ring (bicyclic) bond motifs is 1. The van der Waals surface area contributed by atoms with E-state index >= 15 is 0 Å². The number of methoxy groups -OCH3 is 1. The summed E-state index contributed by atoms with van der Waals surface area (Å²) in [6.45, 7) is 4.68. The Bertz CT molecular complexity index is 913. The van der Waals surface area contributed by atoms with Gasteiger partial charge in [0.25, 0.3) is 5.56 Å². The number of hydrogen-bond donors (Lipinski definition) is 2. The van der Waals surface area contributed by atoms with Crippen LogP contribution in [-0.2, 0) is 4.79 Å². The van der Waals surface area contributed by atoms with Crippen molar-refractivity contribution in [2.45, 2.75) is 44.2 Å². The molecule has 2 N–H and O–H groups in total. The number of H-pyrrole nitrogens is 1. The SMILES string of the molecule is CCCOc1ccc(C2CC(=O)Nc3nc(SCCC)[nH]c(=O)c32)cc1OC. The molecule has 3 rings (SSSR count). The van der Waals surface area contributed by atoms with E-state index in [-0.39, 0.29) is 23.8 Å². The average Bonchev–Trinajstić information content (AvgIpc) is 2.69. The number of benzene rings is 1. The number of hydrogen-bond acceptors (Lipinski definition) is 6. The van der Waals surface area contributed by atoms with Gasteiger partial charge in [0, 0.05) is 18.1 Å². The monoisotopic (exact) mass is 403 g/mol. The molecule has 0 saturated carbocycles. The minimum absolute atomic E-state index is 0.160. The third-order valence-corrected chi connectivity index (χ3v) is 5.50. The van der Waals surface area contributed by atoms with E-state index in [4.69, 9.17) is 9.47 Å². The molecule has 1 unspecified atom stereocenters. The number of anilines is 1. The van der Waals surface area contributed by atoms with Gasteiger partial charge in [0.15, 0.2) is 16.7 Å². The maximum Gasteiger partial charge on any atom is 0.257 e. The van der Waals surface area contributed by atoms with Crippen LogP contribution in [0.5, 0.6) is 11.5 Å². The van der Waals surface area contributed by atoms with Crippen LogP contribution in [0.2, 0.25) is 0 Å². The third kappa shape index (κ3) is 4.32. The molecule has 0 radical (unpaired) electrons. The maximum atomic E-state index is 12.8. The zero-order valence-electron chi connectivity index (χ0n) is 16.3. The number of thioether (sulfide) groups is 1. The predicted molar refractivity (Wildman–Crippen MR) is 110 cm³/mol. The number of aromatic amines is 1. The fourth-order valence-electron chi connectivity index (χ4n) is 3.13. The summed E-state index contributed by atoms with van der Waals surface area (Å²) in [7, 11) is 1.57.